The fourth-order valence-electron chi connectivity index (χ4n) is 2.54. The maximum absolute atomic E-state index is 12.4. The molecule has 1 aromatic carbocycles. The first-order valence-electron chi connectivity index (χ1n) is 8.19. The third-order valence-electron chi connectivity index (χ3n) is 3.94. The Labute approximate surface area is 162 Å². The number of aryl methyl sites for hydroxylation is 2. The Kier molecular flexibility index (Phi) is 5.78. The van der Waals surface area contributed by atoms with E-state index in [0.29, 0.717) is 10.2 Å². The summed E-state index contributed by atoms with van der Waals surface area (Å²) in [7, 11) is 0. The fourth-order valence-corrected chi connectivity index (χ4v) is 3.59. The molecule has 2 N–H and O–H groups in total. The number of carbonyl (C=O) groups excluding carboxylic acids is 1. The Hall–Kier alpha value is -3.14. The number of hydrazone groups is 1. The van der Waals surface area contributed by atoms with Gasteiger partial charge in [0, 0.05) is 10.4 Å². The molecule has 0 aliphatic rings. The Morgan fingerprint density at radius 3 is 2.89 bits per heavy atom. The molecule has 1 amide bonds. The predicted molar refractivity (Wildman–Crippen MR) is 102 cm³/mol. The highest BCUT2D eigenvalue weighted by atomic mass is 32.1. The van der Waals surface area contributed by atoms with Crippen LogP contribution in [0.4, 0.5) is 8.78 Å². The maximum Gasteiger partial charge on any atom is 0.387 e. The van der Waals surface area contributed by atoms with Crippen molar-refractivity contribution >= 4 is 33.7 Å². The van der Waals surface area contributed by atoms with Crippen LogP contribution in [-0.4, -0.2) is 28.7 Å². The van der Waals surface area contributed by atoms with Gasteiger partial charge < -0.3 is 9.72 Å². The zero-order valence-electron chi connectivity index (χ0n) is 15.0. The van der Waals surface area contributed by atoms with Gasteiger partial charge in [-0.25, -0.2) is 10.4 Å². The monoisotopic (exact) mass is 406 g/mol. The van der Waals surface area contributed by atoms with E-state index < -0.39 is 12.5 Å². The van der Waals surface area contributed by atoms with Gasteiger partial charge in [-0.1, -0.05) is 12.1 Å². The van der Waals surface area contributed by atoms with Gasteiger partial charge in [0.25, 0.3) is 5.56 Å². The van der Waals surface area contributed by atoms with Crippen LogP contribution in [0.15, 0.2) is 34.2 Å². The summed E-state index contributed by atoms with van der Waals surface area (Å²) in [5, 5.41) is 4.27. The number of hydrogen-bond acceptors (Lipinski definition) is 6. The molecule has 10 heteroatoms. The van der Waals surface area contributed by atoms with Gasteiger partial charge in [-0.2, -0.15) is 13.9 Å². The second-order valence-corrected chi connectivity index (χ2v) is 7.07. The van der Waals surface area contributed by atoms with Crippen molar-refractivity contribution in [2.24, 2.45) is 5.10 Å². The van der Waals surface area contributed by atoms with Gasteiger partial charge in [0.15, 0.2) is 0 Å². The van der Waals surface area contributed by atoms with Crippen LogP contribution in [0.5, 0.6) is 5.75 Å². The molecule has 0 fully saturated rings. The smallest absolute Gasteiger partial charge is 0.387 e. The third kappa shape index (κ3) is 4.39. The van der Waals surface area contributed by atoms with E-state index in [9.17, 15) is 18.4 Å². The lowest BCUT2D eigenvalue weighted by Crippen LogP contribution is -2.23. The van der Waals surface area contributed by atoms with Crippen molar-refractivity contribution in [1.82, 2.24) is 15.4 Å². The first-order valence-corrected chi connectivity index (χ1v) is 9.01. The van der Waals surface area contributed by atoms with E-state index in [2.05, 4.69) is 25.2 Å². The van der Waals surface area contributed by atoms with Crippen LogP contribution in [-0.2, 0) is 11.2 Å². The van der Waals surface area contributed by atoms with Crippen molar-refractivity contribution in [2.75, 3.05) is 0 Å². The van der Waals surface area contributed by atoms with Gasteiger partial charge in [-0.3, -0.25) is 9.59 Å². The number of aromatic amines is 1. The Balaban J connectivity index is 1.69. The molecule has 3 rings (SSSR count). The topological polar surface area (TPSA) is 96.4 Å². The van der Waals surface area contributed by atoms with Crippen LogP contribution in [0.25, 0.3) is 10.2 Å². The zero-order valence-corrected chi connectivity index (χ0v) is 15.8. The molecule has 0 radical (unpaired) electrons. The number of fused-ring (bicyclic) bond motifs is 1. The number of amides is 1. The van der Waals surface area contributed by atoms with Crippen molar-refractivity contribution < 1.29 is 18.3 Å². The highest BCUT2D eigenvalue weighted by molar-refractivity contribution is 7.18. The number of H-pyrrole nitrogens is 1. The number of thiophene rings is 1. The quantitative estimate of drug-likeness (QED) is 0.486. The minimum atomic E-state index is -2.97. The van der Waals surface area contributed by atoms with Gasteiger partial charge in [-0.15, -0.1) is 11.3 Å². The van der Waals surface area contributed by atoms with Crippen LogP contribution in [0.1, 0.15) is 21.8 Å². The molecule has 0 saturated heterocycles. The van der Waals surface area contributed by atoms with Crippen molar-refractivity contribution in [3.05, 3.63) is 56.4 Å². The molecule has 0 unspecified atom stereocenters. The average molecular weight is 406 g/mol. The summed E-state index contributed by atoms with van der Waals surface area (Å²) in [5.41, 5.74) is 3.13. The van der Waals surface area contributed by atoms with E-state index in [1.807, 2.05) is 13.8 Å². The van der Waals surface area contributed by atoms with Crippen LogP contribution in [0.2, 0.25) is 0 Å². The molecule has 0 saturated carbocycles. The van der Waals surface area contributed by atoms with E-state index in [1.54, 1.807) is 12.1 Å². The lowest BCUT2D eigenvalue weighted by atomic mass is 10.2. The number of carbonyl (C=O) groups is 1. The predicted octanol–water partition coefficient (Wildman–Crippen LogP) is 2.90. The molecule has 2 aromatic heterocycles. The average Bonchev–Trinajstić information content (AvgIpc) is 2.90. The van der Waals surface area contributed by atoms with Crippen LogP contribution in [0, 0.1) is 13.8 Å². The zero-order chi connectivity index (χ0) is 20.3. The van der Waals surface area contributed by atoms with E-state index in [4.69, 9.17) is 0 Å². The molecule has 0 spiro atoms. The molecule has 28 heavy (non-hydrogen) atoms. The first kappa shape index (κ1) is 19.6. The molecular formula is C18H16F2N4O3S. The summed E-state index contributed by atoms with van der Waals surface area (Å²) in [6.45, 7) is 0.783. The summed E-state index contributed by atoms with van der Waals surface area (Å²) in [6.07, 6.45) is 1.01. The number of nitrogens with one attached hydrogen (secondary N) is 2. The minimum absolute atomic E-state index is 0.0598. The van der Waals surface area contributed by atoms with Gasteiger partial charge >= 0.3 is 6.61 Å². The minimum Gasteiger partial charge on any atom is -0.434 e. The molecule has 0 bridgehead atoms. The molecule has 7 nitrogen and oxygen atoms in total. The number of rotatable bonds is 6. The summed E-state index contributed by atoms with van der Waals surface area (Å²) in [6, 6.07) is 6.04. The number of nitrogens with zero attached hydrogens (tertiary/aromatic N) is 2. The van der Waals surface area contributed by atoms with E-state index in [-0.39, 0.29) is 29.1 Å². The molecule has 0 aliphatic carbocycles. The molecule has 146 valence electrons. The van der Waals surface area contributed by atoms with Crippen LogP contribution >= 0.6 is 11.3 Å². The number of halogens is 2. The summed E-state index contributed by atoms with van der Waals surface area (Å²) in [5.74, 6) is -0.362. The molecule has 0 aliphatic heterocycles. The highest BCUT2D eigenvalue weighted by Gasteiger charge is 2.13. The molecule has 2 heterocycles. The number of benzene rings is 1. The number of aromatic nitrogens is 2. The SMILES string of the molecule is Cc1sc2nc(CC(=O)N/N=C/c3ccccc3OC(F)F)[nH]c(=O)c2c1C. The van der Waals surface area contributed by atoms with Gasteiger partial charge in [-0.05, 0) is 31.5 Å². The second-order valence-electron chi connectivity index (χ2n) is 5.86. The van der Waals surface area contributed by atoms with Crippen molar-refractivity contribution in [2.45, 2.75) is 26.9 Å². The lowest BCUT2D eigenvalue weighted by molar-refractivity contribution is -0.120. The van der Waals surface area contributed by atoms with E-state index >= 15 is 0 Å². The largest absolute Gasteiger partial charge is 0.434 e. The second kappa shape index (κ2) is 8.26. The maximum atomic E-state index is 12.4. The van der Waals surface area contributed by atoms with E-state index in [0.717, 1.165) is 10.4 Å². The Bertz CT molecular complexity index is 1110. The highest BCUT2D eigenvalue weighted by Crippen LogP contribution is 2.25. The number of ether oxygens (including phenoxy) is 1. The number of hydrogen-bond donors (Lipinski definition) is 2. The molecular weight excluding hydrogens is 390 g/mol. The first-order chi connectivity index (χ1) is 13.3. The van der Waals surface area contributed by atoms with Crippen LogP contribution < -0.4 is 15.7 Å². The lowest BCUT2D eigenvalue weighted by Gasteiger charge is -2.06. The standard InChI is InChI=1S/C18H16F2N4O3S/c1-9-10(2)28-17-15(9)16(26)22-13(23-17)7-14(25)24-21-8-11-5-3-4-6-12(11)27-18(19)20/h3-6,8,18H,7H2,1-2H3,(H,24,25)(H,22,23,26)/b21-8+. The summed E-state index contributed by atoms with van der Waals surface area (Å²) < 4.78 is 29.2. The Morgan fingerprint density at radius 1 is 1.39 bits per heavy atom. The van der Waals surface area contributed by atoms with Crippen LogP contribution in [0.3, 0.4) is 0 Å². The Morgan fingerprint density at radius 2 is 2.14 bits per heavy atom. The molecule has 0 atom stereocenters. The van der Waals surface area contributed by atoms with Gasteiger partial charge in [0.1, 0.15) is 16.4 Å². The number of para-hydroxylation sites is 1. The fraction of sp³-hybridized carbons (Fsp3) is 0.222. The van der Waals surface area contributed by atoms with Crippen molar-refractivity contribution in [3.8, 4) is 5.75 Å². The van der Waals surface area contributed by atoms with Gasteiger partial charge in [0.05, 0.1) is 18.0 Å². The molecule has 3 aromatic rings. The third-order valence-corrected chi connectivity index (χ3v) is 5.05. The van der Waals surface area contributed by atoms with Crippen molar-refractivity contribution in [1.29, 1.82) is 0 Å². The number of alkyl halides is 2. The normalized spacial score (nSPS) is 11.5. The van der Waals surface area contributed by atoms with Crippen molar-refractivity contribution in [3.63, 3.8) is 0 Å². The summed E-state index contributed by atoms with van der Waals surface area (Å²) >= 11 is 1.39. The van der Waals surface area contributed by atoms with E-state index in [1.165, 1.54) is 29.7 Å². The summed E-state index contributed by atoms with van der Waals surface area (Å²) in [4.78, 5) is 32.7. The van der Waals surface area contributed by atoms with Gasteiger partial charge in [0.2, 0.25) is 5.91 Å².